The number of benzene rings is 2. The van der Waals surface area contributed by atoms with E-state index in [9.17, 15) is 0 Å². The second-order valence-electron chi connectivity index (χ2n) is 7.04. The molecule has 0 radical (unpaired) electrons. The summed E-state index contributed by atoms with van der Waals surface area (Å²) < 4.78 is 7.79. The predicted octanol–water partition coefficient (Wildman–Crippen LogP) is 4.36. The molecular formula is C24H32IN5O. The number of aliphatic imine (C=N–C) groups is 1. The van der Waals surface area contributed by atoms with E-state index >= 15 is 0 Å². The summed E-state index contributed by atoms with van der Waals surface area (Å²) in [6.07, 6.45) is 4.77. The molecule has 0 aliphatic carbocycles. The highest BCUT2D eigenvalue weighted by atomic mass is 127. The topological polar surface area (TPSA) is 63.5 Å². The third-order valence-corrected chi connectivity index (χ3v) is 4.55. The van der Waals surface area contributed by atoms with Gasteiger partial charge < -0.3 is 15.4 Å². The van der Waals surface area contributed by atoms with Crippen molar-refractivity contribution in [1.29, 1.82) is 0 Å². The summed E-state index contributed by atoms with van der Waals surface area (Å²) in [7, 11) is 0. The molecular weight excluding hydrogens is 501 g/mol. The minimum absolute atomic E-state index is 0. The minimum atomic E-state index is 0. The van der Waals surface area contributed by atoms with Gasteiger partial charge in [0, 0.05) is 32.0 Å². The van der Waals surface area contributed by atoms with Crippen LogP contribution in [-0.2, 0) is 31.0 Å². The Balaban J connectivity index is 0.00000341. The highest BCUT2D eigenvalue weighted by Gasteiger charge is 2.00. The van der Waals surface area contributed by atoms with Crippen molar-refractivity contribution < 1.29 is 4.74 Å². The molecule has 0 saturated heterocycles. The van der Waals surface area contributed by atoms with Gasteiger partial charge in [-0.3, -0.25) is 4.68 Å². The van der Waals surface area contributed by atoms with Crippen molar-refractivity contribution in [1.82, 2.24) is 20.4 Å². The number of aromatic nitrogens is 2. The lowest BCUT2D eigenvalue weighted by molar-refractivity contribution is 0.107. The molecule has 0 saturated carbocycles. The number of rotatable bonds is 11. The molecule has 0 bridgehead atoms. The minimum Gasteiger partial charge on any atom is -0.372 e. The van der Waals surface area contributed by atoms with Gasteiger partial charge in [-0.25, -0.2) is 4.99 Å². The molecule has 0 unspecified atom stereocenters. The Morgan fingerprint density at radius 2 is 1.74 bits per heavy atom. The third kappa shape index (κ3) is 9.52. The zero-order valence-electron chi connectivity index (χ0n) is 18.0. The molecule has 31 heavy (non-hydrogen) atoms. The van der Waals surface area contributed by atoms with Crippen molar-refractivity contribution in [3.63, 3.8) is 0 Å². The van der Waals surface area contributed by atoms with Crippen molar-refractivity contribution in [3.05, 3.63) is 89.7 Å². The summed E-state index contributed by atoms with van der Waals surface area (Å²) in [6, 6.07) is 20.6. The van der Waals surface area contributed by atoms with Crippen molar-refractivity contribution in [2.45, 2.75) is 39.6 Å². The van der Waals surface area contributed by atoms with Crippen LogP contribution in [0.25, 0.3) is 0 Å². The molecule has 1 heterocycles. The van der Waals surface area contributed by atoms with Gasteiger partial charge in [-0.15, -0.1) is 24.0 Å². The largest absolute Gasteiger partial charge is 0.372 e. The number of halogens is 1. The van der Waals surface area contributed by atoms with Crippen LogP contribution in [0, 0.1) is 0 Å². The number of nitrogens with one attached hydrogen (secondary N) is 2. The van der Waals surface area contributed by atoms with Gasteiger partial charge in [0.25, 0.3) is 0 Å². The maximum atomic E-state index is 5.85. The van der Waals surface area contributed by atoms with Gasteiger partial charge in [-0.1, -0.05) is 54.6 Å². The molecule has 0 fully saturated rings. The average molecular weight is 533 g/mol. The van der Waals surface area contributed by atoms with Crippen LogP contribution in [0.3, 0.4) is 0 Å². The first-order chi connectivity index (χ1) is 14.8. The average Bonchev–Trinajstić information content (AvgIpc) is 3.30. The molecule has 0 aliphatic rings. The number of hydrogen-bond acceptors (Lipinski definition) is 3. The zero-order chi connectivity index (χ0) is 20.9. The number of hydrogen-bond donors (Lipinski definition) is 2. The highest BCUT2D eigenvalue weighted by Crippen LogP contribution is 2.10. The molecule has 3 rings (SSSR count). The molecule has 6 nitrogen and oxygen atoms in total. The van der Waals surface area contributed by atoms with Crippen LogP contribution >= 0.6 is 24.0 Å². The van der Waals surface area contributed by atoms with E-state index in [4.69, 9.17) is 9.73 Å². The lowest BCUT2D eigenvalue weighted by Crippen LogP contribution is -2.38. The maximum Gasteiger partial charge on any atom is 0.191 e. The summed E-state index contributed by atoms with van der Waals surface area (Å²) in [6.45, 7) is 6.49. The van der Waals surface area contributed by atoms with E-state index in [-0.39, 0.29) is 24.0 Å². The van der Waals surface area contributed by atoms with Gasteiger partial charge in [0.15, 0.2) is 5.96 Å². The Morgan fingerprint density at radius 3 is 2.52 bits per heavy atom. The SMILES string of the molecule is CCNC(=NCc1cccc(COCc2ccccc2)c1)NCCCn1cccn1.I. The van der Waals surface area contributed by atoms with Crippen LogP contribution in [0.2, 0.25) is 0 Å². The fraction of sp³-hybridized carbons (Fsp3) is 0.333. The van der Waals surface area contributed by atoms with E-state index in [1.54, 1.807) is 6.20 Å². The fourth-order valence-electron chi connectivity index (χ4n) is 3.07. The Bertz CT molecular complexity index is 884. The van der Waals surface area contributed by atoms with Gasteiger partial charge >= 0.3 is 0 Å². The molecule has 0 aliphatic heterocycles. The summed E-state index contributed by atoms with van der Waals surface area (Å²) in [4.78, 5) is 4.72. The van der Waals surface area contributed by atoms with E-state index in [1.807, 2.05) is 35.1 Å². The van der Waals surface area contributed by atoms with Crippen LogP contribution in [0.4, 0.5) is 0 Å². The summed E-state index contributed by atoms with van der Waals surface area (Å²) >= 11 is 0. The van der Waals surface area contributed by atoms with Gasteiger partial charge in [0.2, 0.25) is 0 Å². The summed E-state index contributed by atoms with van der Waals surface area (Å²) in [5, 5.41) is 10.9. The molecule has 7 heteroatoms. The van der Waals surface area contributed by atoms with Gasteiger partial charge in [0.05, 0.1) is 19.8 Å². The Kier molecular flexibility index (Phi) is 11.7. The number of aryl methyl sites for hydroxylation is 1. The van der Waals surface area contributed by atoms with E-state index in [0.717, 1.165) is 37.6 Å². The maximum absolute atomic E-state index is 5.85. The van der Waals surface area contributed by atoms with Crippen molar-refractivity contribution in [3.8, 4) is 0 Å². The van der Waals surface area contributed by atoms with Crippen molar-refractivity contribution in [2.75, 3.05) is 13.1 Å². The molecule has 166 valence electrons. The van der Waals surface area contributed by atoms with Gasteiger partial charge in [0.1, 0.15) is 0 Å². The molecule has 0 amide bonds. The molecule has 0 atom stereocenters. The smallest absolute Gasteiger partial charge is 0.191 e. The quantitative estimate of drug-likeness (QED) is 0.166. The number of guanidine groups is 1. The van der Waals surface area contributed by atoms with Crippen LogP contribution in [-0.4, -0.2) is 28.8 Å². The molecule has 2 N–H and O–H groups in total. The molecule has 1 aromatic heterocycles. The number of ether oxygens (including phenoxy) is 1. The molecule has 3 aromatic rings. The van der Waals surface area contributed by atoms with Crippen molar-refractivity contribution >= 4 is 29.9 Å². The normalized spacial score (nSPS) is 11.1. The Hall–Kier alpha value is -2.39. The Morgan fingerprint density at radius 1 is 0.968 bits per heavy atom. The van der Waals surface area contributed by atoms with Crippen LogP contribution in [0.1, 0.15) is 30.0 Å². The monoisotopic (exact) mass is 533 g/mol. The van der Waals surface area contributed by atoms with Crippen LogP contribution in [0.15, 0.2) is 78.0 Å². The van der Waals surface area contributed by atoms with E-state index in [2.05, 4.69) is 59.1 Å². The van der Waals surface area contributed by atoms with E-state index in [0.29, 0.717) is 19.8 Å². The number of nitrogens with zero attached hydrogens (tertiary/aromatic N) is 3. The lowest BCUT2D eigenvalue weighted by Gasteiger charge is -2.11. The van der Waals surface area contributed by atoms with Gasteiger partial charge in [-0.2, -0.15) is 5.10 Å². The third-order valence-electron chi connectivity index (χ3n) is 4.55. The molecule has 2 aromatic carbocycles. The predicted molar refractivity (Wildman–Crippen MR) is 136 cm³/mol. The van der Waals surface area contributed by atoms with Gasteiger partial charge in [-0.05, 0) is 36.1 Å². The Labute approximate surface area is 202 Å². The zero-order valence-corrected chi connectivity index (χ0v) is 20.4. The van der Waals surface area contributed by atoms with E-state index in [1.165, 1.54) is 11.1 Å². The fourth-order valence-corrected chi connectivity index (χ4v) is 3.07. The van der Waals surface area contributed by atoms with Crippen molar-refractivity contribution in [2.24, 2.45) is 4.99 Å². The first-order valence-electron chi connectivity index (χ1n) is 10.5. The summed E-state index contributed by atoms with van der Waals surface area (Å²) in [5.74, 6) is 0.837. The van der Waals surface area contributed by atoms with Crippen LogP contribution < -0.4 is 10.6 Å². The van der Waals surface area contributed by atoms with E-state index < -0.39 is 0 Å². The standard InChI is InChI=1S/C24H31N5O.HI/c1-2-25-24(26-13-7-15-29-16-8-14-28-29)27-18-22-11-6-12-23(17-22)20-30-19-21-9-4-3-5-10-21;/h3-6,8-12,14,16-17H,2,7,13,15,18-20H2,1H3,(H2,25,26,27);1H. The first kappa shape index (κ1) is 24.9. The highest BCUT2D eigenvalue weighted by molar-refractivity contribution is 14.0. The lowest BCUT2D eigenvalue weighted by atomic mass is 10.1. The van der Waals surface area contributed by atoms with Crippen LogP contribution in [0.5, 0.6) is 0 Å². The second kappa shape index (κ2) is 14.6. The first-order valence-corrected chi connectivity index (χ1v) is 10.5. The molecule has 0 spiro atoms. The summed E-state index contributed by atoms with van der Waals surface area (Å²) in [5.41, 5.74) is 3.52. The second-order valence-corrected chi connectivity index (χ2v) is 7.04.